The van der Waals surface area contributed by atoms with Gasteiger partial charge in [-0.3, -0.25) is 4.79 Å². The molecule has 3 aliphatic heterocycles. The number of amides is 1. The minimum absolute atomic E-state index is 0.0649. The molecule has 0 unspecified atom stereocenters. The average molecular weight is 340 g/mol. The van der Waals surface area contributed by atoms with Gasteiger partial charge in [0.25, 0.3) is 11.9 Å². The van der Waals surface area contributed by atoms with Gasteiger partial charge in [-0.15, -0.1) is 0 Å². The Labute approximate surface area is 148 Å². The van der Waals surface area contributed by atoms with E-state index in [4.69, 9.17) is 9.47 Å². The van der Waals surface area contributed by atoms with E-state index in [1.54, 1.807) is 0 Å². The zero-order chi connectivity index (χ0) is 16.9. The Morgan fingerprint density at radius 3 is 2.52 bits per heavy atom. The topological polar surface area (TPSA) is 51.1 Å². The van der Waals surface area contributed by atoms with Crippen LogP contribution in [0.1, 0.15) is 56.1 Å². The number of amidine groups is 1. The fraction of sp³-hybridized carbons (Fsp3) is 0.600. The van der Waals surface area contributed by atoms with E-state index in [-0.39, 0.29) is 11.5 Å². The summed E-state index contributed by atoms with van der Waals surface area (Å²) in [5.41, 5.74) is 1.82. The van der Waals surface area contributed by atoms with Gasteiger partial charge in [0.2, 0.25) is 0 Å². The molecule has 132 valence electrons. The fourth-order valence-corrected chi connectivity index (χ4v) is 4.86. The number of aliphatic imine (C=N–C) groups is 1. The Morgan fingerprint density at radius 1 is 0.960 bits per heavy atom. The molecule has 0 atom stereocenters. The Kier molecular flexibility index (Phi) is 3.42. The van der Waals surface area contributed by atoms with Crippen molar-refractivity contribution in [3.8, 4) is 0 Å². The van der Waals surface area contributed by atoms with Crippen LogP contribution < -0.4 is 0 Å². The predicted octanol–water partition coefficient (Wildman–Crippen LogP) is 3.12. The van der Waals surface area contributed by atoms with Gasteiger partial charge in [-0.1, -0.05) is 30.7 Å². The number of hydrogen-bond acceptors (Lipinski definition) is 4. The molecule has 1 saturated heterocycles. The highest BCUT2D eigenvalue weighted by Crippen LogP contribution is 2.45. The quantitative estimate of drug-likeness (QED) is 0.728. The van der Waals surface area contributed by atoms with E-state index in [9.17, 15) is 4.79 Å². The van der Waals surface area contributed by atoms with Gasteiger partial charge in [-0.2, -0.15) is 4.99 Å². The molecule has 0 radical (unpaired) electrons. The van der Waals surface area contributed by atoms with Crippen LogP contribution in [0, 0.1) is 0 Å². The van der Waals surface area contributed by atoms with E-state index < -0.39 is 5.60 Å². The maximum atomic E-state index is 12.5. The van der Waals surface area contributed by atoms with Gasteiger partial charge in [0.1, 0.15) is 0 Å². The van der Waals surface area contributed by atoms with Gasteiger partial charge in [-0.05, 0) is 49.7 Å². The highest BCUT2D eigenvalue weighted by molar-refractivity contribution is 6.01. The van der Waals surface area contributed by atoms with Crippen LogP contribution in [0.15, 0.2) is 29.3 Å². The monoisotopic (exact) mass is 340 g/mol. The smallest absolute Gasteiger partial charge is 0.296 e. The molecule has 1 aliphatic carbocycles. The van der Waals surface area contributed by atoms with Gasteiger partial charge in [0, 0.05) is 13.1 Å². The van der Waals surface area contributed by atoms with Crippen LogP contribution in [-0.4, -0.2) is 35.5 Å². The van der Waals surface area contributed by atoms with E-state index >= 15 is 0 Å². The summed E-state index contributed by atoms with van der Waals surface area (Å²) in [6, 6.07) is 9.08. The minimum Gasteiger partial charge on any atom is -0.448 e. The SMILES string of the molecule is O=C1N=C(N2CCC3(CC2)OCc2ccccc23)OC12CCCCC2. The lowest BCUT2D eigenvalue weighted by Gasteiger charge is -2.40. The first-order valence-corrected chi connectivity index (χ1v) is 9.50. The first kappa shape index (κ1) is 15.4. The summed E-state index contributed by atoms with van der Waals surface area (Å²) in [4.78, 5) is 18.9. The first-order valence-electron chi connectivity index (χ1n) is 9.50. The van der Waals surface area contributed by atoms with Crippen molar-refractivity contribution in [2.75, 3.05) is 13.1 Å². The van der Waals surface area contributed by atoms with Crippen LogP contribution in [0.25, 0.3) is 0 Å². The molecule has 1 saturated carbocycles. The summed E-state index contributed by atoms with van der Waals surface area (Å²) in [6.07, 6.45) is 6.75. The summed E-state index contributed by atoms with van der Waals surface area (Å²) in [5, 5.41) is 0. The van der Waals surface area contributed by atoms with E-state index in [0.717, 1.165) is 51.6 Å². The molecule has 5 rings (SSSR count). The maximum absolute atomic E-state index is 12.5. The lowest BCUT2D eigenvalue weighted by molar-refractivity contribution is -0.134. The van der Waals surface area contributed by atoms with Crippen LogP contribution in [-0.2, 0) is 26.5 Å². The molecule has 2 fully saturated rings. The summed E-state index contributed by atoms with van der Waals surface area (Å²) in [6.45, 7) is 2.34. The number of carbonyl (C=O) groups excluding carboxylic acids is 1. The van der Waals surface area contributed by atoms with Crippen LogP contribution in [0.5, 0.6) is 0 Å². The number of rotatable bonds is 0. The second kappa shape index (κ2) is 5.56. The van der Waals surface area contributed by atoms with Gasteiger partial charge >= 0.3 is 0 Å². The third-order valence-corrected chi connectivity index (χ3v) is 6.39. The van der Waals surface area contributed by atoms with Crippen LogP contribution in [0.4, 0.5) is 0 Å². The minimum atomic E-state index is -0.654. The Balaban J connectivity index is 1.30. The number of benzene rings is 1. The third-order valence-electron chi connectivity index (χ3n) is 6.39. The molecule has 1 aromatic carbocycles. The highest BCUT2D eigenvalue weighted by atomic mass is 16.5. The molecule has 3 heterocycles. The lowest BCUT2D eigenvalue weighted by Crippen LogP contribution is -2.47. The summed E-state index contributed by atoms with van der Waals surface area (Å²) >= 11 is 0. The molecule has 4 aliphatic rings. The largest absolute Gasteiger partial charge is 0.448 e. The number of nitrogens with zero attached hydrogens (tertiary/aromatic N) is 2. The van der Waals surface area contributed by atoms with Crippen molar-refractivity contribution in [2.45, 2.75) is 62.8 Å². The van der Waals surface area contributed by atoms with Crippen molar-refractivity contribution in [1.29, 1.82) is 0 Å². The second-order valence-corrected chi connectivity index (χ2v) is 7.78. The summed E-state index contributed by atoms with van der Waals surface area (Å²) in [5.74, 6) is -0.0649. The van der Waals surface area contributed by atoms with E-state index in [0.29, 0.717) is 12.6 Å². The Bertz CT molecular complexity index is 728. The Hall–Kier alpha value is -1.88. The molecule has 0 aromatic heterocycles. The van der Waals surface area contributed by atoms with Crippen molar-refractivity contribution in [1.82, 2.24) is 4.90 Å². The van der Waals surface area contributed by atoms with E-state index in [1.165, 1.54) is 17.5 Å². The predicted molar refractivity (Wildman–Crippen MR) is 93.1 cm³/mol. The first-order chi connectivity index (χ1) is 12.2. The number of piperidine rings is 1. The Morgan fingerprint density at radius 2 is 1.72 bits per heavy atom. The van der Waals surface area contributed by atoms with Gasteiger partial charge in [-0.25, -0.2) is 0 Å². The molecule has 2 spiro atoms. The highest BCUT2D eigenvalue weighted by Gasteiger charge is 2.50. The van der Waals surface area contributed by atoms with Crippen LogP contribution >= 0.6 is 0 Å². The number of fused-ring (bicyclic) bond motifs is 2. The third kappa shape index (κ3) is 2.32. The number of hydrogen-bond donors (Lipinski definition) is 0. The van der Waals surface area contributed by atoms with Crippen LogP contribution in [0.2, 0.25) is 0 Å². The normalized spacial score (nSPS) is 26.6. The molecule has 5 nitrogen and oxygen atoms in total. The number of carbonyl (C=O) groups is 1. The van der Waals surface area contributed by atoms with Crippen molar-refractivity contribution in [3.63, 3.8) is 0 Å². The molecule has 1 aromatic rings. The zero-order valence-corrected chi connectivity index (χ0v) is 14.5. The van der Waals surface area contributed by atoms with Gasteiger partial charge in [0.15, 0.2) is 5.60 Å². The van der Waals surface area contributed by atoms with E-state index in [1.807, 2.05) is 0 Å². The lowest BCUT2D eigenvalue weighted by atomic mass is 9.84. The van der Waals surface area contributed by atoms with Crippen molar-refractivity contribution >= 4 is 11.9 Å². The molecule has 0 N–H and O–H groups in total. The van der Waals surface area contributed by atoms with Crippen molar-refractivity contribution < 1.29 is 14.3 Å². The van der Waals surface area contributed by atoms with Crippen LogP contribution in [0.3, 0.4) is 0 Å². The molecular formula is C20H24N2O3. The molecular weight excluding hydrogens is 316 g/mol. The maximum Gasteiger partial charge on any atom is 0.296 e. The van der Waals surface area contributed by atoms with E-state index in [2.05, 4.69) is 34.2 Å². The van der Waals surface area contributed by atoms with Gasteiger partial charge in [0.05, 0.1) is 12.2 Å². The fourth-order valence-electron chi connectivity index (χ4n) is 4.86. The molecule has 25 heavy (non-hydrogen) atoms. The molecule has 5 heteroatoms. The standard InChI is InChI=1S/C20H24N2O3/c23-17-20(8-4-1-5-9-20)25-18(21-17)22-12-10-19(11-13-22)16-7-3-2-6-15(16)14-24-19/h2-3,6-7H,1,4-5,8-14H2. The zero-order valence-electron chi connectivity index (χ0n) is 14.5. The molecule has 0 bridgehead atoms. The van der Waals surface area contributed by atoms with Crippen molar-refractivity contribution in [2.24, 2.45) is 4.99 Å². The number of ether oxygens (including phenoxy) is 2. The molecule has 1 amide bonds. The summed E-state index contributed by atoms with van der Waals surface area (Å²) in [7, 11) is 0. The summed E-state index contributed by atoms with van der Waals surface area (Å²) < 4.78 is 12.4. The van der Waals surface area contributed by atoms with Gasteiger partial charge < -0.3 is 14.4 Å². The average Bonchev–Trinajstić information content (AvgIpc) is 3.16. The number of likely N-dealkylation sites (tertiary alicyclic amines) is 1. The second-order valence-electron chi connectivity index (χ2n) is 7.78. The van der Waals surface area contributed by atoms with Crippen molar-refractivity contribution in [3.05, 3.63) is 35.4 Å².